The van der Waals surface area contributed by atoms with Gasteiger partial charge in [0.1, 0.15) is 5.82 Å². The van der Waals surface area contributed by atoms with E-state index in [1.165, 1.54) is 6.07 Å². The zero-order chi connectivity index (χ0) is 16.2. The number of piperazine rings is 1. The number of piperidine rings is 1. The molecule has 0 bridgehead atoms. The number of hydrogen-bond donors (Lipinski definition) is 1. The van der Waals surface area contributed by atoms with Gasteiger partial charge in [-0.1, -0.05) is 12.1 Å². The molecule has 2 saturated heterocycles. The topological polar surface area (TPSA) is 47.0 Å². The number of benzene rings is 1. The van der Waals surface area contributed by atoms with Gasteiger partial charge in [0.05, 0.1) is 18.3 Å². The minimum atomic E-state index is -0.311. The van der Waals surface area contributed by atoms with Crippen LogP contribution >= 0.6 is 0 Å². The predicted molar refractivity (Wildman–Crippen MR) is 86.9 cm³/mol. The van der Waals surface area contributed by atoms with Crippen LogP contribution in [0.1, 0.15) is 12.8 Å². The fourth-order valence-electron chi connectivity index (χ4n) is 3.37. The van der Waals surface area contributed by atoms with Gasteiger partial charge < -0.3 is 14.9 Å². The van der Waals surface area contributed by atoms with E-state index in [0.717, 1.165) is 19.4 Å². The number of halogens is 1. The maximum absolute atomic E-state index is 13.8. The Bertz CT molecular complexity index is 546. The molecule has 0 unspecified atom stereocenters. The molecule has 0 spiro atoms. The van der Waals surface area contributed by atoms with Gasteiger partial charge in [-0.3, -0.25) is 9.69 Å². The lowest BCUT2D eigenvalue weighted by molar-refractivity contribution is -0.133. The summed E-state index contributed by atoms with van der Waals surface area (Å²) in [6, 6.07) is 6.76. The van der Waals surface area contributed by atoms with Gasteiger partial charge in [0.2, 0.25) is 5.91 Å². The monoisotopic (exact) mass is 321 g/mol. The van der Waals surface area contributed by atoms with Crippen molar-refractivity contribution in [3.8, 4) is 0 Å². The number of carbonyl (C=O) groups excluding carboxylic acids is 1. The van der Waals surface area contributed by atoms with Crippen molar-refractivity contribution < 1.29 is 14.3 Å². The van der Waals surface area contributed by atoms with Crippen LogP contribution in [0.4, 0.5) is 10.1 Å². The van der Waals surface area contributed by atoms with E-state index in [4.69, 9.17) is 0 Å². The number of nitrogens with zero attached hydrogens (tertiary/aromatic N) is 3. The van der Waals surface area contributed by atoms with Crippen molar-refractivity contribution in [1.82, 2.24) is 9.80 Å². The minimum absolute atomic E-state index is 0.104. The minimum Gasteiger partial charge on any atom is -0.392 e. The highest BCUT2D eigenvalue weighted by atomic mass is 19.1. The predicted octanol–water partition coefficient (Wildman–Crippen LogP) is 0.931. The summed E-state index contributed by atoms with van der Waals surface area (Å²) in [4.78, 5) is 18.3. The average Bonchev–Trinajstić information content (AvgIpc) is 2.55. The van der Waals surface area contributed by atoms with Crippen LogP contribution in [0.25, 0.3) is 0 Å². The van der Waals surface area contributed by atoms with Crippen LogP contribution in [0.2, 0.25) is 0 Å². The molecule has 23 heavy (non-hydrogen) atoms. The summed E-state index contributed by atoms with van der Waals surface area (Å²) in [7, 11) is 0. The van der Waals surface area contributed by atoms with Crippen molar-refractivity contribution in [3.05, 3.63) is 30.1 Å². The molecule has 0 aliphatic carbocycles. The lowest BCUT2D eigenvalue weighted by atomic mass is 10.1. The third-order valence-electron chi connectivity index (χ3n) is 4.67. The Balaban J connectivity index is 1.50. The normalized spacial score (nSPS) is 23.1. The van der Waals surface area contributed by atoms with Crippen LogP contribution in [0.3, 0.4) is 0 Å². The summed E-state index contributed by atoms with van der Waals surface area (Å²) in [6.07, 6.45) is 1.45. The summed E-state index contributed by atoms with van der Waals surface area (Å²) < 4.78 is 13.8. The Labute approximate surface area is 136 Å². The van der Waals surface area contributed by atoms with Gasteiger partial charge >= 0.3 is 0 Å². The van der Waals surface area contributed by atoms with Gasteiger partial charge in [0.25, 0.3) is 0 Å². The van der Waals surface area contributed by atoms with Gasteiger partial charge in [0, 0.05) is 32.7 Å². The van der Waals surface area contributed by atoms with Crippen molar-refractivity contribution in [2.75, 3.05) is 50.7 Å². The number of aliphatic hydroxyl groups excluding tert-OH is 1. The number of carbonyl (C=O) groups is 1. The quantitative estimate of drug-likeness (QED) is 0.900. The highest BCUT2D eigenvalue weighted by Gasteiger charge is 2.25. The van der Waals surface area contributed by atoms with E-state index in [1.54, 1.807) is 12.1 Å². The van der Waals surface area contributed by atoms with Crippen molar-refractivity contribution >= 4 is 11.6 Å². The molecule has 126 valence electrons. The van der Waals surface area contributed by atoms with Crippen LogP contribution < -0.4 is 4.90 Å². The summed E-state index contributed by atoms with van der Waals surface area (Å²) in [5, 5.41) is 9.68. The van der Waals surface area contributed by atoms with Gasteiger partial charge in [-0.05, 0) is 31.5 Å². The van der Waals surface area contributed by atoms with Crippen LogP contribution in [0.15, 0.2) is 24.3 Å². The molecule has 6 heteroatoms. The Morgan fingerprint density at radius 1 is 1.17 bits per heavy atom. The largest absolute Gasteiger partial charge is 0.392 e. The van der Waals surface area contributed by atoms with Gasteiger partial charge in [0.15, 0.2) is 0 Å². The van der Waals surface area contributed by atoms with E-state index in [1.807, 2.05) is 20.8 Å². The Hall–Kier alpha value is -1.66. The summed E-state index contributed by atoms with van der Waals surface area (Å²) in [5.74, 6) is -0.109. The highest BCUT2D eigenvalue weighted by Crippen LogP contribution is 2.20. The first-order valence-corrected chi connectivity index (χ1v) is 8.31. The maximum Gasteiger partial charge on any atom is 0.236 e. The number of para-hydroxylation sites is 1. The lowest BCUT2D eigenvalue weighted by Gasteiger charge is -2.37. The van der Waals surface area contributed by atoms with E-state index in [2.05, 4.69) is 0 Å². The first-order chi connectivity index (χ1) is 11.1. The average molecular weight is 321 g/mol. The Morgan fingerprint density at radius 3 is 2.61 bits per heavy atom. The maximum atomic E-state index is 13.8. The van der Waals surface area contributed by atoms with Crippen molar-refractivity contribution in [2.45, 2.75) is 18.9 Å². The van der Waals surface area contributed by atoms with Gasteiger partial charge in [-0.25, -0.2) is 4.39 Å². The number of β-amino-alcohol motifs (C(OH)–C–C–N with tert-alkyl or cyclic N) is 1. The van der Waals surface area contributed by atoms with Gasteiger partial charge in [-0.15, -0.1) is 0 Å². The number of aliphatic hydroxyl groups is 1. The van der Waals surface area contributed by atoms with E-state index < -0.39 is 0 Å². The summed E-state index contributed by atoms with van der Waals surface area (Å²) >= 11 is 0. The van der Waals surface area contributed by atoms with Crippen LogP contribution in [0.5, 0.6) is 0 Å². The van der Waals surface area contributed by atoms with Crippen LogP contribution in [-0.2, 0) is 4.79 Å². The molecule has 0 radical (unpaired) electrons. The number of rotatable bonds is 3. The number of anilines is 1. The third-order valence-corrected chi connectivity index (χ3v) is 4.67. The summed E-state index contributed by atoms with van der Waals surface area (Å²) in [6.45, 7) is 4.35. The summed E-state index contributed by atoms with van der Waals surface area (Å²) in [5.41, 5.74) is 0.610. The number of hydrogen-bond acceptors (Lipinski definition) is 4. The van der Waals surface area contributed by atoms with Crippen LogP contribution in [-0.4, -0.2) is 72.7 Å². The molecule has 1 amide bonds. The van der Waals surface area contributed by atoms with Crippen LogP contribution in [0, 0.1) is 5.82 Å². The van der Waals surface area contributed by atoms with E-state index in [9.17, 15) is 14.3 Å². The fourth-order valence-corrected chi connectivity index (χ4v) is 3.37. The molecular formula is C17H24FN3O2. The molecule has 0 saturated carbocycles. The second-order valence-corrected chi connectivity index (χ2v) is 6.35. The Morgan fingerprint density at radius 2 is 1.91 bits per heavy atom. The van der Waals surface area contributed by atoms with Gasteiger partial charge in [-0.2, -0.15) is 0 Å². The van der Waals surface area contributed by atoms with E-state index >= 15 is 0 Å². The third kappa shape index (κ3) is 4.00. The molecule has 1 aromatic rings. The first-order valence-electron chi connectivity index (χ1n) is 8.31. The number of amides is 1. The number of likely N-dealkylation sites (tertiary alicyclic amines) is 1. The zero-order valence-corrected chi connectivity index (χ0v) is 13.3. The molecule has 1 aromatic carbocycles. The molecule has 1 N–H and O–H groups in total. The molecule has 1 atom stereocenters. The lowest BCUT2D eigenvalue weighted by Crippen LogP contribution is -2.52. The molecule has 5 nitrogen and oxygen atoms in total. The smallest absolute Gasteiger partial charge is 0.236 e. The molecular weight excluding hydrogens is 297 g/mol. The Kier molecular flexibility index (Phi) is 5.13. The van der Waals surface area contributed by atoms with E-state index in [0.29, 0.717) is 45.0 Å². The fraction of sp³-hybridized carbons (Fsp3) is 0.588. The molecule has 3 rings (SSSR count). The molecule has 2 fully saturated rings. The zero-order valence-electron chi connectivity index (χ0n) is 13.3. The molecule has 2 aliphatic heterocycles. The first kappa shape index (κ1) is 16.2. The second kappa shape index (κ2) is 7.27. The van der Waals surface area contributed by atoms with Crippen molar-refractivity contribution in [2.24, 2.45) is 0 Å². The van der Waals surface area contributed by atoms with Crippen molar-refractivity contribution in [1.29, 1.82) is 0 Å². The molecule has 2 heterocycles. The standard InChI is InChI=1S/C17H24FN3O2/c18-15-5-1-2-6-16(15)20-8-10-21(11-9-20)17(23)13-19-7-3-4-14(22)12-19/h1-2,5-6,14,22H,3-4,7-13H2/t14-/m1/s1. The molecule has 0 aromatic heterocycles. The highest BCUT2D eigenvalue weighted by molar-refractivity contribution is 5.78. The molecule has 2 aliphatic rings. The van der Waals surface area contributed by atoms with E-state index in [-0.39, 0.29) is 17.8 Å². The second-order valence-electron chi connectivity index (χ2n) is 6.35. The SMILES string of the molecule is O=C(CN1CCC[C@@H](O)C1)N1CCN(c2ccccc2F)CC1. The van der Waals surface area contributed by atoms with Crippen molar-refractivity contribution in [3.63, 3.8) is 0 Å².